The van der Waals surface area contributed by atoms with Gasteiger partial charge < -0.3 is 10.1 Å². The molecule has 0 amide bonds. The maximum atomic E-state index is 12.2. The van der Waals surface area contributed by atoms with Crippen LogP contribution in [0.1, 0.15) is 33.3 Å². The van der Waals surface area contributed by atoms with Gasteiger partial charge in [-0.15, -0.1) is 0 Å². The van der Waals surface area contributed by atoms with E-state index in [9.17, 15) is 8.42 Å². The number of benzene rings is 1. The Hall–Kier alpha value is -0.950. The van der Waals surface area contributed by atoms with E-state index in [1.54, 1.807) is 18.2 Å². The Labute approximate surface area is 128 Å². The van der Waals surface area contributed by atoms with Crippen molar-refractivity contribution in [1.29, 1.82) is 0 Å². The van der Waals surface area contributed by atoms with Gasteiger partial charge in [0.25, 0.3) is 0 Å². The third kappa shape index (κ3) is 7.04. The molecule has 1 rings (SSSR count). The van der Waals surface area contributed by atoms with E-state index < -0.39 is 10.0 Å². The smallest absolute Gasteiger partial charge is 0.240 e. The summed E-state index contributed by atoms with van der Waals surface area (Å²) < 4.78 is 32.2. The van der Waals surface area contributed by atoms with Crippen molar-refractivity contribution >= 4 is 10.0 Å². The lowest BCUT2D eigenvalue weighted by atomic mass is 10.2. The highest BCUT2D eigenvalue weighted by Gasteiger charge is 2.13. The Balaban J connectivity index is 2.63. The van der Waals surface area contributed by atoms with Crippen LogP contribution in [0.3, 0.4) is 0 Å². The molecule has 0 saturated heterocycles. The monoisotopic (exact) mass is 314 g/mol. The maximum absolute atomic E-state index is 12.2. The highest BCUT2D eigenvalue weighted by atomic mass is 32.2. The summed E-state index contributed by atoms with van der Waals surface area (Å²) >= 11 is 0. The number of rotatable bonds is 9. The molecule has 0 unspecified atom stereocenters. The summed E-state index contributed by atoms with van der Waals surface area (Å²) in [6, 6.07) is 7.33. The van der Waals surface area contributed by atoms with Gasteiger partial charge in [0, 0.05) is 19.1 Å². The summed E-state index contributed by atoms with van der Waals surface area (Å²) in [5.74, 6) is 0. The van der Waals surface area contributed by atoms with E-state index in [2.05, 4.69) is 23.9 Å². The van der Waals surface area contributed by atoms with E-state index in [4.69, 9.17) is 4.74 Å². The predicted octanol–water partition coefficient (Wildman–Crippen LogP) is 1.89. The molecule has 120 valence electrons. The van der Waals surface area contributed by atoms with Crippen LogP contribution in [-0.4, -0.2) is 33.7 Å². The summed E-state index contributed by atoms with van der Waals surface area (Å²) in [5, 5.41) is 3.27. The van der Waals surface area contributed by atoms with Crippen LogP contribution in [0, 0.1) is 0 Å². The molecule has 0 atom stereocenters. The molecular weight excluding hydrogens is 288 g/mol. The van der Waals surface area contributed by atoms with Gasteiger partial charge in [0.2, 0.25) is 10.0 Å². The standard InChI is InChI=1S/C15H26N2O3S/c1-12(2)16-11-14-6-5-7-15(10-14)21(18,19)17-8-9-20-13(3)4/h5-7,10,12-13,16-17H,8-9,11H2,1-4H3. The lowest BCUT2D eigenvalue weighted by Crippen LogP contribution is -2.28. The van der Waals surface area contributed by atoms with Crippen LogP contribution in [0.5, 0.6) is 0 Å². The average molecular weight is 314 g/mol. The molecule has 6 heteroatoms. The number of ether oxygens (including phenoxy) is 1. The molecule has 0 aliphatic heterocycles. The zero-order valence-corrected chi connectivity index (χ0v) is 14.0. The molecule has 0 heterocycles. The van der Waals surface area contributed by atoms with E-state index in [1.165, 1.54) is 0 Å². The second-order valence-electron chi connectivity index (χ2n) is 5.50. The van der Waals surface area contributed by atoms with Crippen LogP contribution in [0.2, 0.25) is 0 Å². The minimum absolute atomic E-state index is 0.0972. The molecule has 0 spiro atoms. The summed E-state index contributed by atoms with van der Waals surface area (Å²) in [7, 11) is -3.48. The molecule has 0 radical (unpaired) electrons. The van der Waals surface area contributed by atoms with Crippen molar-refractivity contribution in [3.8, 4) is 0 Å². The van der Waals surface area contributed by atoms with Crippen LogP contribution in [0.25, 0.3) is 0 Å². The second-order valence-corrected chi connectivity index (χ2v) is 7.27. The molecule has 0 saturated carbocycles. The van der Waals surface area contributed by atoms with Crippen molar-refractivity contribution < 1.29 is 13.2 Å². The van der Waals surface area contributed by atoms with Gasteiger partial charge in [0.1, 0.15) is 0 Å². The van der Waals surface area contributed by atoms with Crippen molar-refractivity contribution in [3.63, 3.8) is 0 Å². The number of hydrogen-bond donors (Lipinski definition) is 2. The van der Waals surface area contributed by atoms with E-state index in [0.717, 1.165) is 5.56 Å². The average Bonchev–Trinajstić information content (AvgIpc) is 2.41. The normalized spacial score (nSPS) is 12.3. The summed E-state index contributed by atoms with van der Waals surface area (Å²) in [6.45, 7) is 9.23. The molecular formula is C15H26N2O3S. The minimum Gasteiger partial charge on any atom is -0.377 e. The molecule has 0 fully saturated rings. The van der Waals surface area contributed by atoms with Gasteiger partial charge in [0.05, 0.1) is 17.6 Å². The van der Waals surface area contributed by atoms with Crippen LogP contribution < -0.4 is 10.0 Å². The lowest BCUT2D eigenvalue weighted by Gasteiger charge is -2.11. The topological polar surface area (TPSA) is 67.4 Å². The van der Waals surface area contributed by atoms with Gasteiger partial charge in [-0.05, 0) is 31.5 Å². The van der Waals surface area contributed by atoms with Crippen molar-refractivity contribution in [2.45, 2.75) is 51.3 Å². The van der Waals surface area contributed by atoms with Crippen LogP contribution in [0.15, 0.2) is 29.2 Å². The minimum atomic E-state index is -3.48. The van der Waals surface area contributed by atoms with E-state index in [0.29, 0.717) is 19.2 Å². The Kier molecular flexibility index (Phi) is 7.31. The number of hydrogen-bond acceptors (Lipinski definition) is 4. The van der Waals surface area contributed by atoms with Gasteiger partial charge in [-0.2, -0.15) is 0 Å². The highest BCUT2D eigenvalue weighted by molar-refractivity contribution is 7.89. The van der Waals surface area contributed by atoms with Crippen LogP contribution >= 0.6 is 0 Å². The number of sulfonamides is 1. The third-order valence-electron chi connectivity index (χ3n) is 2.77. The fraction of sp³-hybridized carbons (Fsp3) is 0.600. The fourth-order valence-corrected chi connectivity index (χ4v) is 2.78. The maximum Gasteiger partial charge on any atom is 0.240 e. The molecule has 5 nitrogen and oxygen atoms in total. The van der Waals surface area contributed by atoms with Crippen LogP contribution in [0.4, 0.5) is 0 Å². The molecule has 0 bridgehead atoms. The van der Waals surface area contributed by atoms with Crippen molar-refractivity contribution in [1.82, 2.24) is 10.0 Å². The quantitative estimate of drug-likeness (QED) is 0.683. The molecule has 1 aromatic carbocycles. The molecule has 1 aromatic rings. The third-order valence-corrected chi connectivity index (χ3v) is 4.23. The molecule has 0 aliphatic rings. The first-order valence-electron chi connectivity index (χ1n) is 7.25. The highest BCUT2D eigenvalue weighted by Crippen LogP contribution is 2.11. The van der Waals surface area contributed by atoms with Gasteiger partial charge in [-0.1, -0.05) is 26.0 Å². The zero-order chi connectivity index (χ0) is 15.9. The molecule has 21 heavy (non-hydrogen) atoms. The van der Waals surface area contributed by atoms with Gasteiger partial charge in [-0.25, -0.2) is 13.1 Å². The second kappa shape index (κ2) is 8.48. The number of nitrogens with one attached hydrogen (secondary N) is 2. The van der Waals surface area contributed by atoms with E-state index >= 15 is 0 Å². The first-order chi connectivity index (χ1) is 9.81. The Morgan fingerprint density at radius 2 is 1.90 bits per heavy atom. The van der Waals surface area contributed by atoms with Crippen molar-refractivity contribution in [2.75, 3.05) is 13.2 Å². The molecule has 2 N–H and O–H groups in total. The van der Waals surface area contributed by atoms with Gasteiger partial charge in [0.15, 0.2) is 0 Å². The fourth-order valence-electron chi connectivity index (χ4n) is 1.70. The van der Waals surface area contributed by atoms with Crippen molar-refractivity contribution in [2.24, 2.45) is 0 Å². The summed E-state index contributed by atoms with van der Waals surface area (Å²) in [6.07, 6.45) is 0.0972. The van der Waals surface area contributed by atoms with Crippen LogP contribution in [-0.2, 0) is 21.3 Å². The lowest BCUT2D eigenvalue weighted by molar-refractivity contribution is 0.0834. The zero-order valence-electron chi connectivity index (χ0n) is 13.2. The Morgan fingerprint density at radius 1 is 1.19 bits per heavy atom. The predicted molar refractivity (Wildman–Crippen MR) is 84.7 cm³/mol. The first-order valence-corrected chi connectivity index (χ1v) is 8.73. The van der Waals surface area contributed by atoms with Gasteiger partial charge in [-0.3, -0.25) is 0 Å². The van der Waals surface area contributed by atoms with E-state index in [1.807, 2.05) is 19.9 Å². The summed E-state index contributed by atoms with van der Waals surface area (Å²) in [4.78, 5) is 0.287. The first kappa shape index (κ1) is 18.1. The molecule has 0 aliphatic carbocycles. The van der Waals surface area contributed by atoms with Crippen molar-refractivity contribution in [3.05, 3.63) is 29.8 Å². The van der Waals surface area contributed by atoms with Gasteiger partial charge >= 0.3 is 0 Å². The Morgan fingerprint density at radius 3 is 2.52 bits per heavy atom. The van der Waals surface area contributed by atoms with E-state index in [-0.39, 0.29) is 17.5 Å². The SMILES string of the molecule is CC(C)NCc1cccc(S(=O)(=O)NCCOC(C)C)c1. The Bertz CT molecular complexity index is 527. The molecule has 0 aromatic heterocycles. The largest absolute Gasteiger partial charge is 0.377 e. The summed E-state index contributed by atoms with van der Waals surface area (Å²) in [5.41, 5.74) is 0.949.